The van der Waals surface area contributed by atoms with Crippen LogP contribution in [-0.4, -0.2) is 23.7 Å². The fraction of sp³-hybridized carbons (Fsp3) is 0.120. The van der Waals surface area contributed by atoms with E-state index < -0.39 is 17.5 Å². The van der Waals surface area contributed by atoms with Gasteiger partial charge in [0.05, 0.1) is 12.2 Å². The molecule has 1 heterocycles. The smallest absolute Gasteiger partial charge is 0.159 e. The van der Waals surface area contributed by atoms with Gasteiger partial charge in [-0.15, -0.1) is 0 Å². The zero-order valence-electron chi connectivity index (χ0n) is 16.6. The third kappa shape index (κ3) is 4.73. The van der Waals surface area contributed by atoms with Gasteiger partial charge in [-0.1, -0.05) is 17.9 Å². The number of ether oxygens (including phenoxy) is 1. The van der Waals surface area contributed by atoms with Crippen LogP contribution in [0.15, 0.2) is 60.9 Å². The molecule has 4 rings (SSSR count). The molecule has 0 saturated carbocycles. The lowest BCUT2D eigenvalue weighted by Gasteiger charge is -2.04. The van der Waals surface area contributed by atoms with Crippen molar-refractivity contribution < 1.29 is 17.9 Å². The number of fused-ring (bicyclic) bond motifs is 1. The Morgan fingerprint density at radius 1 is 0.806 bits per heavy atom. The van der Waals surface area contributed by atoms with Crippen LogP contribution < -0.4 is 0 Å². The summed E-state index contributed by atoms with van der Waals surface area (Å²) in [5, 5.41) is 1.08. The molecule has 0 aliphatic heterocycles. The first-order valence-electron chi connectivity index (χ1n) is 9.54. The lowest BCUT2D eigenvalue weighted by Crippen LogP contribution is -1.98. The first kappa shape index (κ1) is 20.6. The molecule has 154 valence electrons. The second kappa shape index (κ2) is 8.99. The van der Waals surface area contributed by atoms with Gasteiger partial charge in [0, 0.05) is 30.6 Å². The molecule has 0 aliphatic carbocycles. The zero-order chi connectivity index (χ0) is 21.8. The molecule has 0 aliphatic rings. The van der Waals surface area contributed by atoms with Gasteiger partial charge in [0.1, 0.15) is 5.82 Å². The highest BCUT2D eigenvalue weighted by atomic mass is 19.2. The van der Waals surface area contributed by atoms with E-state index in [2.05, 4.69) is 21.8 Å². The molecule has 4 aromatic rings. The Morgan fingerprint density at radius 2 is 1.55 bits per heavy atom. The maximum Gasteiger partial charge on any atom is 0.159 e. The number of rotatable bonds is 4. The normalized spacial score (nSPS) is 10.7. The van der Waals surface area contributed by atoms with Crippen molar-refractivity contribution in [2.45, 2.75) is 6.42 Å². The molecule has 0 atom stereocenters. The SMILES string of the molecule is COCCc1cnc(-c2ccc(C#Cc3ccc4cc(F)c(F)cc4c3)c(F)c2)nc1. The fourth-order valence-corrected chi connectivity index (χ4v) is 3.07. The highest BCUT2D eigenvalue weighted by Crippen LogP contribution is 2.21. The standard InChI is InChI=1S/C25H17F3N2O/c1-31-9-8-17-14-29-25(30-15-17)20-7-6-18(22(26)12-20)4-2-16-3-5-19-11-23(27)24(28)13-21(19)10-16/h3,5-7,10-15H,8-9H2,1H3. The number of benzene rings is 3. The number of methoxy groups -OCH3 is 1. The summed E-state index contributed by atoms with van der Waals surface area (Å²) in [6, 6.07) is 11.8. The topological polar surface area (TPSA) is 35.0 Å². The van der Waals surface area contributed by atoms with Crippen LogP contribution in [-0.2, 0) is 11.2 Å². The zero-order valence-corrected chi connectivity index (χ0v) is 16.6. The minimum atomic E-state index is -0.923. The Labute approximate surface area is 177 Å². The molecular weight excluding hydrogens is 401 g/mol. The van der Waals surface area contributed by atoms with Gasteiger partial charge in [-0.3, -0.25) is 0 Å². The molecule has 1 aromatic heterocycles. The summed E-state index contributed by atoms with van der Waals surface area (Å²) < 4.78 is 46.4. The van der Waals surface area contributed by atoms with Crippen molar-refractivity contribution in [3.8, 4) is 23.2 Å². The Balaban J connectivity index is 1.56. The van der Waals surface area contributed by atoms with Gasteiger partial charge in [-0.2, -0.15) is 0 Å². The minimum absolute atomic E-state index is 0.214. The first-order valence-corrected chi connectivity index (χ1v) is 9.54. The lowest BCUT2D eigenvalue weighted by molar-refractivity contribution is 0.202. The molecule has 0 saturated heterocycles. The predicted octanol–water partition coefficient (Wildman–Crippen LogP) is 5.30. The lowest BCUT2D eigenvalue weighted by atomic mass is 10.1. The third-order valence-corrected chi connectivity index (χ3v) is 4.75. The van der Waals surface area contributed by atoms with Gasteiger partial charge < -0.3 is 4.74 Å². The fourth-order valence-electron chi connectivity index (χ4n) is 3.07. The quantitative estimate of drug-likeness (QED) is 0.422. The molecule has 0 fully saturated rings. The average molecular weight is 418 g/mol. The number of hydrogen-bond acceptors (Lipinski definition) is 3. The van der Waals surface area contributed by atoms with Crippen molar-refractivity contribution in [3.63, 3.8) is 0 Å². The minimum Gasteiger partial charge on any atom is -0.384 e. The molecule has 31 heavy (non-hydrogen) atoms. The van der Waals surface area contributed by atoms with Crippen LogP contribution >= 0.6 is 0 Å². The van der Waals surface area contributed by atoms with Gasteiger partial charge >= 0.3 is 0 Å². The second-order valence-electron chi connectivity index (χ2n) is 6.93. The van der Waals surface area contributed by atoms with E-state index in [9.17, 15) is 13.2 Å². The summed E-state index contributed by atoms with van der Waals surface area (Å²) in [6.45, 7) is 0.577. The molecule has 3 nitrogen and oxygen atoms in total. The Hall–Kier alpha value is -3.69. The van der Waals surface area contributed by atoms with Crippen LogP contribution in [0.2, 0.25) is 0 Å². The molecule has 0 amide bonds. The van der Waals surface area contributed by atoms with Gasteiger partial charge in [0.25, 0.3) is 0 Å². The predicted molar refractivity (Wildman–Crippen MR) is 113 cm³/mol. The molecule has 0 unspecified atom stereocenters. The molecule has 0 bridgehead atoms. The van der Waals surface area contributed by atoms with E-state index in [-0.39, 0.29) is 5.56 Å². The highest BCUT2D eigenvalue weighted by Gasteiger charge is 2.07. The van der Waals surface area contributed by atoms with Crippen LogP contribution in [0.5, 0.6) is 0 Å². The van der Waals surface area contributed by atoms with Crippen molar-refractivity contribution in [2.75, 3.05) is 13.7 Å². The maximum absolute atomic E-state index is 14.6. The summed E-state index contributed by atoms with van der Waals surface area (Å²) in [5.41, 5.74) is 2.26. The number of halogens is 3. The summed E-state index contributed by atoms with van der Waals surface area (Å²) in [6.07, 6.45) is 4.10. The van der Waals surface area contributed by atoms with Crippen molar-refractivity contribution in [2.24, 2.45) is 0 Å². The van der Waals surface area contributed by atoms with E-state index in [1.807, 2.05) is 0 Å². The maximum atomic E-state index is 14.6. The van der Waals surface area contributed by atoms with E-state index in [1.165, 1.54) is 6.07 Å². The monoisotopic (exact) mass is 418 g/mol. The van der Waals surface area contributed by atoms with Crippen molar-refractivity contribution in [1.29, 1.82) is 0 Å². The van der Waals surface area contributed by atoms with Crippen LogP contribution in [0.25, 0.3) is 22.2 Å². The van der Waals surface area contributed by atoms with Gasteiger partial charge in [-0.25, -0.2) is 23.1 Å². The Kier molecular flexibility index (Phi) is 5.96. The molecule has 6 heteroatoms. The van der Waals surface area contributed by atoms with Gasteiger partial charge in [-0.05, 0) is 65.2 Å². The van der Waals surface area contributed by atoms with E-state index >= 15 is 0 Å². The second-order valence-corrected chi connectivity index (χ2v) is 6.93. The van der Waals surface area contributed by atoms with E-state index in [0.29, 0.717) is 40.8 Å². The summed E-state index contributed by atoms with van der Waals surface area (Å²) >= 11 is 0. The molecule has 0 N–H and O–H groups in total. The van der Waals surface area contributed by atoms with Crippen molar-refractivity contribution >= 4 is 10.8 Å². The first-order chi connectivity index (χ1) is 15.0. The van der Waals surface area contributed by atoms with Crippen molar-refractivity contribution in [1.82, 2.24) is 9.97 Å². The van der Waals surface area contributed by atoms with Gasteiger partial charge in [0.2, 0.25) is 0 Å². The van der Waals surface area contributed by atoms with Crippen LogP contribution in [0.1, 0.15) is 16.7 Å². The highest BCUT2D eigenvalue weighted by molar-refractivity contribution is 5.84. The molecule has 3 aromatic carbocycles. The van der Waals surface area contributed by atoms with Gasteiger partial charge in [0.15, 0.2) is 17.5 Å². The molecule has 0 spiro atoms. The Morgan fingerprint density at radius 3 is 2.26 bits per heavy atom. The van der Waals surface area contributed by atoms with E-state index in [4.69, 9.17) is 4.74 Å². The number of aromatic nitrogens is 2. The van der Waals surface area contributed by atoms with E-state index in [1.54, 1.807) is 49.8 Å². The average Bonchev–Trinajstić information content (AvgIpc) is 2.78. The summed E-state index contributed by atoms with van der Waals surface area (Å²) in [5.74, 6) is 3.75. The van der Waals surface area contributed by atoms with Crippen molar-refractivity contribution in [3.05, 3.63) is 95.1 Å². The summed E-state index contributed by atoms with van der Waals surface area (Å²) in [4.78, 5) is 8.56. The summed E-state index contributed by atoms with van der Waals surface area (Å²) in [7, 11) is 1.63. The molecule has 0 radical (unpaired) electrons. The Bertz CT molecular complexity index is 1310. The largest absolute Gasteiger partial charge is 0.384 e. The molecular formula is C25H17F3N2O. The van der Waals surface area contributed by atoms with Crippen LogP contribution in [0, 0.1) is 29.3 Å². The number of hydrogen-bond donors (Lipinski definition) is 0. The van der Waals surface area contributed by atoms with Crippen LogP contribution in [0.3, 0.4) is 0 Å². The van der Waals surface area contributed by atoms with Crippen LogP contribution in [0.4, 0.5) is 13.2 Å². The third-order valence-electron chi connectivity index (χ3n) is 4.75. The van der Waals surface area contributed by atoms with E-state index in [0.717, 1.165) is 17.7 Å². The number of nitrogens with zero attached hydrogens (tertiary/aromatic N) is 2.